The van der Waals surface area contributed by atoms with Crippen molar-refractivity contribution in [3.8, 4) is 0 Å². The molecule has 3 heterocycles. The number of alkyl halides is 3. The van der Waals surface area contributed by atoms with E-state index in [1.165, 1.54) is 19.3 Å². The second-order valence-electron chi connectivity index (χ2n) is 15.2. The van der Waals surface area contributed by atoms with Gasteiger partial charge in [0.1, 0.15) is 5.69 Å². The highest BCUT2D eigenvalue weighted by molar-refractivity contribution is 5.99. The number of Topliss-reactive ketones (excluding diaryl/α,β-unsaturated/α-hetero) is 1. The lowest BCUT2D eigenvalue weighted by Gasteiger charge is -2.37. The van der Waals surface area contributed by atoms with Gasteiger partial charge in [0, 0.05) is 50.0 Å². The smallest absolute Gasteiger partial charge is 0.357 e. The van der Waals surface area contributed by atoms with Crippen molar-refractivity contribution in [3.63, 3.8) is 0 Å². The van der Waals surface area contributed by atoms with Crippen LogP contribution in [-0.2, 0) is 26.5 Å². The third-order valence-electron chi connectivity index (χ3n) is 12.4. The van der Waals surface area contributed by atoms with Crippen molar-refractivity contribution >= 4 is 28.6 Å². The minimum atomic E-state index is -2.75. The maximum atomic E-state index is 14.3. The second kappa shape index (κ2) is 12.3. The fraction of sp³-hybridized carbons (Fsp3) is 0.703. The molecular weight excluding hydrogens is 593 g/mol. The summed E-state index contributed by atoms with van der Waals surface area (Å²) in [5.74, 6) is -2.23. The number of hydrogen-bond acceptors (Lipinski definition) is 4. The number of esters is 1. The number of ketones is 1. The monoisotopic (exact) mass is 640 g/mol. The van der Waals surface area contributed by atoms with Gasteiger partial charge < -0.3 is 9.64 Å². The van der Waals surface area contributed by atoms with Crippen molar-refractivity contribution in [2.75, 3.05) is 13.2 Å². The van der Waals surface area contributed by atoms with Crippen LogP contribution < -0.4 is 0 Å². The lowest BCUT2D eigenvalue weighted by atomic mass is 9.74. The van der Waals surface area contributed by atoms with E-state index >= 15 is 0 Å². The molecule has 3 aliphatic carbocycles. The standard InChI is InChI=1S/C37H47F3N2O4/c1-23(22-38)25-8-10-27(11-9-25)34(44)41-18-13-29(26-5-3-2-4-6-26)33(41)32(43)20-24-7-12-30-28(19-24)21-31-35(45)46-37(42(30)31)16-14-36(39,40)15-17-37/h7,12,19,21,23,25-27,29,33H,2-6,8-11,13-18,20,22H2,1H3/t23-,25?,27?,29+,33+/m1/s1. The first kappa shape index (κ1) is 31.7. The third-order valence-corrected chi connectivity index (χ3v) is 12.4. The highest BCUT2D eigenvalue weighted by atomic mass is 19.3. The van der Waals surface area contributed by atoms with Gasteiger partial charge in [-0.2, -0.15) is 0 Å². The minimum Gasteiger partial charge on any atom is -0.434 e. The number of hydrogen-bond donors (Lipinski definition) is 0. The normalized spacial score (nSPS) is 30.0. The molecule has 1 amide bonds. The van der Waals surface area contributed by atoms with Gasteiger partial charge in [-0.05, 0) is 79.5 Å². The number of likely N-dealkylation sites (tertiary alicyclic amines) is 1. The number of carbonyl (C=O) groups excluding carboxylic acids is 3. The molecule has 0 bridgehead atoms. The highest BCUT2D eigenvalue weighted by Crippen LogP contribution is 2.49. The summed E-state index contributed by atoms with van der Waals surface area (Å²) in [5.41, 5.74) is 0.845. The molecule has 6 nitrogen and oxygen atoms in total. The van der Waals surface area contributed by atoms with Gasteiger partial charge in [0.2, 0.25) is 11.8 Å². The van der Waals surface area contributed by atoms with Crippen molar-refractivity contribution in [3.05, 3.63) is 35.5 Å². The van der Waals surface area contributed by atoms with E-state index in [-0.39, 0.29) is 68.2 Å². The number of rotatable bonds is 7. The predicted molar refractivity (Wildman–Crippen MR) is 168 cm³/mol. The molecular formula is C37H47F3N2O4. The average Bonchev–Trinajstić information content (AvgIpc) is 3.75. The van der Waals surface area contributed by atoms with E-state index in [1.54, 1.807) is 10.6 Å². The summed E-state index contributed by atoms with van der Waals surface area (Å²) in [5, 5.41) is 0.788. The molecule has 2 aromatic rings. The van der Waals surface area contributed by atoms with E-state index in [1.807, 2.05) is 30.0 Å². The van der Waals surface area contributed by atoms with Crippen molar-refractivity contribution < 1.29 is 32.3 Å². The zero-order chi connectivity index (χ0) is 32.2. The Morgan fingerprint density at radius 3 is 2.37 bits per heavy atom. The van der Waals surface area contributed by atoms with Crippen LogP contribution in [0.1, 0.15) is 113 Å². The number of benzene rings is 1. The zero-order valence-corrected chi connectivity index (χ0v) is 27.0. The van der Waals surface area contributed by atoms with Crippen LogP contribution >= 0.6 is 0 Å². The largest absolute Gasteiger partial charge is 0.434 e. The van der Waals surface area contributed by atoms with Gasteiger partial charge in [0.05, 0.1) is 18.2 Å². The van der Waals surface area contributed by atoms with Crippen LogP contribution in [-0.4, -0.2) is 52.3 Å². The Labute approximate surface area is 269 Å². The molecule has 3 saturated carbocycles. The molecule has 1 spiro atoms. The Bertz CT molecular complexity index is 1480. The van der Waals surface area contributed by atoms with Gasteiger partial charge in [-0.1, -0.05) is 45.1 Å². The summed E-state index contributed by atoms with van der Waals surface area (Å²) in [4.78, 5) is 43.1. The van der Waals surface area contributed by atoms with Crippen LogP contribution in [0.15, 0.2) is 24.3 Å². The first-order valence-corrected chi connectivity index (χ1v) is 17.7. The van der Waals surface area contributed by atoms with E-state index in [0.717, 1.165) is 61.4 Å². The number of amides is 1. The minimum absolute atomic E-state index is 0.0239. The maximum Gasteiger partial charge on any atom is 0.357 e. The first-order chi connectivity index (χ1) is 22.1. The Kier molecular flexibility index (Phi) is 8.50. The molecule has 0 unspecified atom stereocenters. The number of carbonyl (C=O) groups is 3. The summed E-state index contributed by atoms with van der Waals surface area (Å²) in [6.07, 6.45) is 9.53. The van der Waals surface area contributed by atoms with Crippen molar-refractivity contribution in [2.24, 2.45) is 29.6 Å². The van der Waals surface area contributed by atoms with E-state index in [4.69, 9.17) is 4.74 Å². The van der Waals surface area contributed by atoms with Crippen LogP contribution in [0.25, 0.3) is 10.9 Å². The predicted octanol–water partition coefficient (Wildman–Crippen LogP) is 7.99. The second-order valence-corrected chi connectivity index (χ2v) is 15.2. The molecule has 3 atom stereocenters. The topological polar surface area (TPSA) is 68.6 Å². The molecule has 0 N–H and O–H groups in total. The number of nitrogens with zero attached hydrogens (tertiary/aromatic N) is 2. The van der Waals surface area contributed by atoms with Gasteiger partial charge in [-0.25, -0.2) is 13.6 Å². The van der Waals surface area contributed by atoms with Crippen LogP contribution in [0.2, 0.25) is 0 Å². The van der Waals surface area contributed by atoms with Crippen LogP contribution in [0.4, 0.5) is 13.2 Å². The quantitative estimate of drug-likeness (QED) is 0.288. The van der Waals surface area contributed by atoms with Gasteiger partial charge >= 0.3 is 5.97 Å². The van der Waals surface area contributed by atoms with Crippen LogP contribution in [0, 0.1) is 29.6 Å². The number of ether oxygens (including phenoxy) is 1. The lowest BCUT2D eigenvalue weighted by molar-refractivity contribution is -0.143. The Balaban J connectivity index is 1.12. The van der Waals surface area contributed by atoms with E-state index < -0.39 is 23.7 Å². The van der Waals surface area contributed by atoms with Crippen LogP contribution in [0.5, 0.6) is 0 Å². The molecule has 0 radical (unpaired) electrons. The van der Waals surface area contributed by atoms with Gasteiger partial charge in [-0.3, -0.25) is 18.5 Å². The lowest BCUT2D eigenvalue weighted by Crippen LogP contribution is -2.48. The molecule has 250 valence electrons. The van der Waals surface area contributed by atoms with Gasteiger partial charge in [0.25, 0.3) is 0 Å². The highest BCUT2D eigenvalue weighted by Gasteiger charge is 2.52. The number of aromatic nitrogens is 1. The molecule has 5 aliphatic rings. The maximum absolute atomic E-state index is 14.3. The van der Waals surface area contributed by atoms with E-state index in [9.17, 15) is 27.6 Å². The van der Waals surface area contributed by atoms with Gasteiger partial charge in [0.15, 0.2) is 11.5 Å². The average molecular weight is 641 g/mol. The molecule has 1 aromatic carbocycles. The summed E-state index contributed by atoms with van der Waals surface area (Å²) in [7, 11) is 0. The molecule has 1 saturated heterocycles. The fourth-order valence-corrected chi connectivity index (χ4v) is 9.70. The van der Waals surface area contributed by atoms with Gasteiger partial charge in [-0.15, -0.1) is 0 Å². The number of halogens is 3. The Morgan fingerprint density at radius 2 is 1.67 bits per heavy atom. The molecule has 9 heteroatoms. The molecule has 46 heavy (non-hydrogen) atoms. The third kappa shape index (κ3) is 5.67. The SMILES string of the molecule is C[C@H](CF)C1CCC(C(=O)N2CC[C@@H](C3CCCCC3)[C@H]2C(=O)Cc2ccc3c(c2)cc2n3C3(CCC(F)(F)CC3)OC2=O)CC1. The zero-order valence-electron chi connectivity index (χ0n) is 27.0. The summed E-state index contributed by atoms with van der Waals surface area (Å²) in [6, 6.07) is 7.02. The molecule has 7 rings (SSSR count). The van der Waals surface area contributed by atoms with Crippen molar-refractivity contribution in [1.82, 2.24) is 9.47 Å². The summed E-state index contributed by atoms with van der Waals surface area (Å²) >= 11 is 0. The first-order valence-electron chi connectivity index (χ1n) is 17.7. The fourth-order valence-electron chi connectivity index (χ4n) is 9.70. The molecule has 4 fully saturated rings. The molecule has 2 aliphatic heterocycles. The Hall–Kier alpha value is -2.84. The summed E-state index contributed by atoms with van der Waals surface area (Å²) in [6.45, 7) is 2.25. The van der Waals surface area contributed by atoms with E-state index in [2.05, 4.69) is 0 Å². The summed E-state index contributed by atoms with van der Waals surface area (Å²) < 4.78 is 48.9. The van der Waals surface area contributed by atoms with Crippen molar-refractivity contribution in [1.29, 1.82) is 0 Å². The molecule has 1 aromatic heterocycles. The van der Waals surface area contributed by atoms with Crippen molar-refractivity contribution in [2.45, 2.75) is 121 Å². The Morgan fingerprint density at radius 1 is 0.957 bits per heavy atom. The van der Waals surface area contributed by atoms with E-state index in [0.29, 0.717) is 24.1 Å². The number of fused-ring (bicyclic) bond motifs is 4. The van der Waals surface area contributed by atoms with Crippen LogP contribution in [0.3, 0.4) is 0 Å².